The van der Waals surface area contributed by atoms with Crippen LogP contribution in [0.1, 0.15) is 13.8 Å². The summed E-state index contributed by atoms with van der Waals surface area (Å²) in [5.41, 5.74) is 2.04. The van der Waals surface area contributed by atoms with Crippen LogP contribution in [-0.4, -0.2) is 38.7 Å². The lowest BCUT2D eigenvalue weighted by atomic mass is 10.2. The molecule has 2 rings (SSSR count). The Morgan fingerprint density at radius 1 is 0.929 bits per heavy atom. The number of anilines is 3. The summed E-state index contributed by atoms with van der Waals surface area (Å²) < 4.78 is 10.5. The average molecular weight is 385 g/mol. The lowest BCUT2D eigenvalue weighted by Gasteiger charge is -2.12. The Labute approximate surface area is 165 Å². The summed E-state index contributed by atoms with van der Waals surface area (Å²) in [6.45, 7) is 4.72. The Bertz CT molecular complexity index is 793. The van der Waals surface area contributed by atoms with E-state index in [-0.39, 0.29) is 24.3 Å². The van der Waals surface area contributed by atoms with Gasteiger partial charge in [0, 0.05) is 36.2 Å². The fourth-order valence-corrected chi connectivity index (χ4v) is 2.29. The van der Waals surface area contributed by atoms with Gasteiger partial charge in [0.05, 0.1) is 13.2 Å². The molecule has 0 aliphatic rings. The fourth-order valence-electron chi connectivity index (χ4n) is 2.29. The molecule has 0 radical (unpaired) electrons. The van der Waals surface area contributed by atoms with Crippen molar-refractivity contribution in [3.8, 4) is 5.75 Å². The molecule has 3 N–H and O–H groups in total. The lowest BCUT2D eigenvalue weighted by Crippen LogP contribution is -2.22. The van der Waals surface area contributed by atoms with Gasteiger partial charge in [0.2, 0.25) is 11.8 Å². The number of carbonyl (C=O) groups is 2. The van der Waals surface area contributed by atoms with Crippen LogP contribution in [0, 0.1) is 5.92 Å². The van der Waals surface area contributed by atoms with Crippen molar-refractivity contribution in [3.05, 3.63) is 48.5 Å². The maximum Gasteiger partial charge on any atom is 0.243 e. The minimum atomic E-state index is -0.196. The first kappa shape index (κ1) is 21.2. The zero-order valence-electron chi connectivity index (χ0n) is 16.5. The van der Waals surface area contributed by atoms with E-state index >= 15 is 0 Å². The second-order valence-corrected chi connectivity index (χ2v) is 6.50. The summed E-state index contributed by atoms with van der Waals surface area (Å²) in [4.78, 5) is 24.0. The Morgan fingerprint density at radius 2 is 1.61 bits per heavy atom. The molecular formula is C21H27N3O4. The van der Waals surface area contributed by atoms with Crippen LogP contribution in [0.3, 0.4) is 0 Å². The van der Waals surface area contributed by atoms with Gasteiger partial charge in [-0.25, -0.2) is 0 Å². The van der Waals surface area contributed by atoms with Crippen LogP contribution in [0.5, 0.6) is 5.75 Å². The maximum absolute atomic E-state index is 12.2. The van der Waals surface area contributed by atoms with Gasteiger partial charge in [0.15, 0.2) is 0 Å². The molecule has 0 atom stereocenters. The van der Waals surface area contributed by atoms with Gasteiger partial charge < -0.3 is 25.4 Å². The van der Waals surface area contributed by atoms with E-state index in [0.29, 0.717) is 30.3 Å². The van der Waals surface area contributed by atoms with Gasteiger partial charge in [-0.1, -0.05) is 26.0 Å². The van der Waals surface area contributed by atoms with Crippen molar-refractivity contribution in [2.75, 3.05) is 42.8 Å². The monoisotopic (exact) mass is 385 g/mol. The zero-order chi connectivity index (χ0) is 20.4. The molecule has 0 aromatic heterocycles. The summed E-state index contributed by atoms with van der Waals surface area (Å²) in [6.07, 6.45) is 0. The SMILES string of the molecule is COCCOc1cccc(NCC(=O)Nc2cccc(NC(=O)C(C)C)c2)c1. The van der Waals surface area contributed by atoms with Crippen LogP contribution in [0.15, 0.2) is 48.5 Å². The summed E-state index contributed by atoms with van der Waals surface area (Å²) in [6, 6.07) is 14.4. The van der Waals surface area contributed by atoms with Crippen LogP contribution in [0.4, 0.5) is 17.1 Å². The quantitative estimate of drug-likeness (QED) is 0.546. The number of hydrogen-bond acceptors (Lipinski definition) is 5. The highest BCUT2D eigenvalue weighted by molar-refractivity contribution is 5.96. The minimum absolute atomic E-state index is 0.0715. The highest BCUT2D eigenvalue weighted by atomic mass is 16.5. The van der Waals surface area contributed by atoms with Crippen molar-refractivity contribution in [3.63, 3.8) is 0 Å². The van der Waals surface area contributed by atoms with Crippen molar-refractivity contribution < 1.29 is 19.1 Å². The Balaban J connectivity index is 1.86. The first-order valence-corrected chi connectivity index (χ1v) is 9.14. The van der Waals surface area contributed by atoms with Gasteiger partial charge in [0.25, 0.3) is 0 Å². The first-order valence-electron chi connectivity index (χ1n) is 9.14. The summed E-state index contributed by atoms with van der Waals surface area (Å²) in [7, 11) is 1.62. The lowest BCUT2D eigenvalue weighted by molar-refractivity contribution is -0.119. The number of hydrogen-bond donors (Lipinski definition) is 3. The Kier molecular flexibility index (Phi) is 8.30. The van der Waals surface area contributed by atoms with E-state index in [4.69, 9.17) is 9.47 Å². The molecule has 0 fully saturated rings. The third-order valence-corrected chi connectivity index (χ3v) is 3.78. The molecule has 0 heterocycles. The molecule has 150 valence electrons. The van der Waals surface area contributed by atoms with Crippen LogP contribution < -0.4 is 20.7 Å². The number of methoxy groups -OCH3 is 1. The van der Waals surface area contributed by atoms with Gasteiger partial charge in [-0.15, -0.1) is 0 Å². The Hall–Kier alpha value is -3.06. The van der Waals surface area contributed by atoms with E-state index in [1.54, 1.807) is 31.4 Å². The van der Waals surface area contributed by atoms with Gasteiger partial charge in [-0.05, 0) is 30.3 Å². The third-order valence-electron chi connectivity index (χ3n) is 3.78. The van der Waals surface area contributed by atoms with Crippen LogP contribution in [0.25, 0.3) is 0 Å². The van der Waals surface area contributed by atoms with E-state index in [1.807, 2.05) is 38.1 Å². The molecule has 0 bridgehead atoms. The molecule has 7 nitrogen and oxygen atoms in total. The van der Waals surface area contributed by atoms with E-state index in [2.05, 4.69) is 16.0 Å². The predicted octanol–water partition coefficient (Wildman–Crippen LogP) is 3.36. The van der Waals surface area contributed by atoms with Gasteiger partial charge >= 0.3 is 0 Å². The van der Waals surface area contributed by atoms with Crippen molar-refractivity contribution in [1.82, 2.24) is 0 Å². The molecule has 0 aliphatic carbocycles. The molecule has 0 unspecified atom stereocenters. The first-order chi connectivity index (χ1) is 13.5. The van der Waals surface area contributed by atoms with E-state index in [0.717, 1.165) is 5.69 Å². The summed E-state index contributed by atoms with van der Waals surface area (Å²) >= 11 is 0. The van der Waals surface area contributed by atoms with Gasteiger partial charge in [-0.3, -0.25) is 9.59 Å². The maximum atomic E-state index is 12.2. The largest absolute Gasteiger partial charge is 0.491 e. The predicted molar refractivity (Wildman–Crippen MR) is 111 cm³/mol. The van der Waals surface area contributed by atoms with E-state index in [9.17, 15) is 9.59 Å². The van der Waals surface area contributed by atoms with Crippen molar-refractivity contribution in [2.45, 2.75) is 13.8 Å². The number of carbonyl (C=O) groups excluding carboxylic acids is 2. The number of benzene rings is 2. The number of rotatable bonds is 10. The second kappa shape index (κ2) is 10.9. The highest BCUT2D eigenvalue weighted by Gasteiger charge is 2.08. The molecule has 28 heavy (non-hydrogen) atoms. The molecular weight excluding hydrogens is 358 g/mol. The second-order valence-electron chi connectivity index (χ2n) is 6.50. The fraction of sp³-hybridized carbons (Fsp3) is 0.333. The molecule has 7 heteroatoms. The average Bonchev–Trinajstić information content (AvgIpc) is 2.67. The number of ether oxygens (including phenoxy) is 2. The molecule has 0 saturated carbocycles. The van der Waals surface area contributed by atoms with Gasteiger partial charge in [-0.2, -0.15) is 0 Å². The van der Waals surface area contributed by atoms with Crippen molar-refractivity contribution in [1.29, 1.82) is 0 Å². The normalized spacial score (nSPS) is 10.4. The van der Waals surface area contributed by atoms with E-state index in [1.165, 1.54) is 0 Å². The smallest absolute Gasteiger partial charge is 0.243 e. The highest BCUT2D eigenvalue weighted by Crippen LogP contribution is 2.18. The van der Waals surface area contributed by atoms with Gasteiger partial charge in [0.1, 0.15) is 12.4 Å². The van der Waals surface area contributed by atoms with E-state index < -0.39 is 0 Å². The zero-order valence-corrected chi connectivity index (χ0v) is 16.5. The molecule has 0 aliphatic heterocycles. The van der Waals surface area contributed by atoms with Crippen LogP contribution in [-0.2, 0) is 14.3 Å². The minimum Gasteiger partial charge on any atom is -0.491 e. The molecule has 2 aromatic rings. The number of nitrogens with one attached hydrogen (secondary N) is 3. The molecule has 2 aromatic carbocycles. The van der Waals surface area contributed by atoms with Crippen molar-refractivity contribution >= 4 is 28.9 Å². The molecule has 2 amide bonds. The molecule has 0 spiro atoms. The van der Waals surface area contributed by atoms with Crippen LogP contribution in [0.2, 0.25) is 0 Å². The third kappa shape index (κ3) is 7.28. The Morgan fingerprint density at radius 3 is 2.32 bits per heavy atom. The van der Waals surface area contributed by atoms with Crippen LogP contribution >= 0.6 is 0 Å². The topological polar surface area (TPSA) is 88.7 Å². The number of amides is 2. The standard InChI is InChI=1S/C21H27N3O4/c1-15(2)21(26)24-18-8-4-7-17(12-18)23-20(25)14-22-16-6-5-9-19(13-16)28-11-10-27-3/h4-9,12-13,15,22H,10-11,14H2,1-3H3,(H,23,25)(H,24,26). The molecule has 0 saturated heterocycles. The summed E-state index contributed by atoms with van der Waals surface area (Å²) in [5, 5.41) is 8.69. The summed E-state index contributed by atoms with van der Waals surface area (Å²) in [5.74, 6) is 0.323. The van der Waals surface area contributed by atoms with Crippen molar-refractivity contribution in [2.24, 2.45) is 5.92 Å².